The molecule has 0 aromatic carbocycles. The molecule has 0 aliphatic carbocycles. The van der Waals surface area contributed by atoms with Gasteiger partial charge in [-0.15, -0.1) is 4.33 Å². The molecular weight excluding hydrogens is 142 g/mol. The van der Waals surface area contributed by atoms with Crippen LogP contribution in [-0.2, 0) is 9.37 Å². The summed E-state index contributed by atoms with van der Waals surface area (Å²) in [5.74, 6) is 0. The molecule has 0 saturated carbocycles. The van der Waals surface area contributed by atoms with E-state index in [1.165, 1.54) is 0 Å². The van der Waals surface area contributed by atoms with Gasteiger partial charge in [-0.05, 0) is 0 Å². The van der Waals surface area contributed by atoms with Crippen molar-refractivity contribution in [3.63, 3.8) is 0 Å². The SMILES string of the molecule is OOOSC(F)CF. The second kappa shape index (κ2) is 5.23. The predicted molar refractivity (Wildman–Crippen MR) is 23.3 cm³/mol. The Morgan fingerprint density at radius 2 is 2.38 bits per heavy atom. The van der Waals surface area contributed by atoms with E-state index in [-0.39, 0.29) is 12.0 Å². The molecule has 0 aliphatic heterocycles. The van der Waals surface area contributed by atoms with Gasteiger partial charge >= 0.3 is 0 Å². The Morgan fingerprint density at radius 1 is 1.75 bits per heavy atom. The summed E-state index contributed by atoms with van der Waals surface area (Å²) < 4.78 is 26.2. The smallest absolute Gasteiger partial charge is 0.202 e. The lowest BCUT2D eigenvalue weighted by Crippen LogP contribution is -1.96. The van der Waals surface area contributed by atoms with Gasteiger partial charge in [0.2, 0.25) is 5.50 Å². The molecule has 0 aromatic heterocycles. The molecule has 0 bridgehead atoms. The zero-order valence-electron chi connectivity index (χ0n) is 3.71. The van der Waals surface area contributed by atoms with Crippen LogP contribution in [0.1, 0.15) is 0 Å². The van der Waals surface area contributed by atoms with Crippen molar-refractivity contribution >= 4 is 12.0 Å². The maximum Gasteiger partial charge on any atom is 0.202 e. The molecule has 3 nitrogen and oxygen atoms in total. The summed E-state index contributed by atoms with van der Waals surface area (Å²) in [7, 11) is 0. The predicted octanol–water partition coefficient (Wildman–Crippen LogP) is 1.32. The van der Waals surface area contributed by atoms with Crippen LogP contribution in [0.3, 0.4) is 0 Å². The van der Waals surface area contributed by atoms with Crippen LogP contribution in [0.4, 0.5) is 8.78 Å². The number of rotatable bonds is 4. The Labute approximate surface area is 48.6 Å². The van der Waals surface area contributed by atoms with E-state index in [0.29, 0.717) is 0 Å². The topological polar surface area (TPSA) is 38.7 Å². The molecule has 0 heterocycles. The number of hydrogen-bond donors (Lipinski definition) is 1. The molecule has 0 amide bonds. The lowest BCUT2D eigenvalue weighted by atomic mass is 10.9. The molecule has 0 radical (unpaired) electrons. The first-order chi connectivity index (χ1) is 3.81. The van der Waals surface area contributed by atoms with Crippen LogP contribution >= 0.6 is 12.0 Å². The number of halogens is 2. The fraction of sp³-hybridized carbons (Fsp3) is 1.00. The van der Waals surface area contributed by atoms with E-state index in [4.69, 9.17) is 5.26 Å². The lowest BCUT2D eigenvalue weighted by Gasteiger charge is -1.95. The van der Waals surface area contributed by atoms with E-state index >= 15 is 0 Å². The van der Waals surface area contributed by atoms with Gasteiger partial charge in [0.25, 0.3) is 0 Å². The van der Waals surface area contributed by atoms with Crippen molar-refractivity contribution in [2.75, 3.05) is 6.67 Å². The largest absolute Gasteiger partial charge is 0.247 e. The van der Waals surface area contributed by atoms with Crippen molar-refractivity contribution in [1.82, 2.24) is 0 Å². The van der Waals surface area contributed by atoms with E-state index in [2.05, 4.69) is 9.37 Å². The maximum atomic E-state index is 11.6. The second-order valence-electron chi connectivity index (χ2n) is 0.803. The third-order valence-corrected chi connectivity index (χ3v) is 0.770. The van der Waals surface area contributed by atoms with Crippen molar-refractivity contribution in [3.05, 3.63) is 0 Å². The minimum Gasteiger partial charge on any atom is -0.247 e. The summed E-state index contributed by atoms with van der Waals surface area (Å²) in [4.78, 5) is 0. The van der Waals surface area contributed by atoms with E-state index in [9.17, 15) is 8.78 Å². The first-order valence-corrected chi connectivity index (χ1v) is 2.45. The molecule has 6 heteroatoms. The monoisotopic (exact) mass is 146 g/mol. The van der Waals surface area contributed by atoms with Crippen LogP contribution in [0.2, 0.25) is 0 Å². The molecule has 1 atom stereocenters. The normalized spacial score (nSPS) is 13.9. The van der Waals surface area contributed by atoms with Crippen LogP contribution in [0.5, 0.6) is 0 Å². The molecular formula is C2H4F2O3S. The Hall–Kier alpha value is 0.0900. The lowest BCUT2D eigenvalue weighted by molar-refractivity contribution is -0.432. The van der Waals surface area contributed by atoms with Crippen LogP contribution < -0.4 is 0 Å². The van der Waals surface area contributed by atoms with Gasteiger partial charge in [-0.2, -0.15) is 0 Å². The van der Waals surface area contributed by atoms with Gasteiger partial charge < -0.3 is 0 Å². The molecule has 1 N–H and O–H groups in total. The standard InChI is InChI=1S/C2H4F2O3S/c3-1-2(4)8-7-6-5/h2,5H,1H2. The number of alkyl halides is 2. The van der Waals surface area contributed by atoms with Gasteiger partial charge in [0.15, 0.2) is 0 Å². The van der Waals surface area contributed by atoms with Gasteiger partial charge in [0.05, 0.1) is 12.0 Å². The molecule has 50 valence electrons. The summed E-state index contributed by atoms with van der Waals surface area (Å²) in [6, 6.07) is 0. The summed E-state index contributed by atoms with van der Waals surface area (Å²) in [5.41, 5.74) is -1.80. The van der Waals surface area contributed by atoms with Gasteiger partial charge in [-0.1, -0.05) is 5.04 Å². The Balaban J connectivity index is 2.86. The third-order valence-electron chi connectivity index (χ3n) is 0.295. The highest BCUT2D eigenvalue weighted by Gasteiger charge is 2.06. The van der Waals surface area contributed by atoms with Crippen LogP contribution in [0, 0.1) is 0 Å². The van der Waals surface area contributed by atoms with Crippen molar-refractivity contribution in [2.45, 2.75) is 5.50 Å². The molecule has 0 fully saturated rings. The van der Waals surface area contributed by atoms with Crippen molar-refractivity contribution < 1.29 is 23.4 Å². The van der Waals surface area contributed by atoms with Crippen LogP contribution in [0.15, 0.2) is 0 Å². The highest BCUT2D eigenvalue weighted by atomic mass is 32.2. The first kappa shape index (κ1) is 8.09. The molecule has 0 spiro atoms. The average molecular weight is 146 g/mol. The average Bonchev–Trinajstić information content (AvgIpc) is 1.83. The molecule has 1 unspecified atom stereocenters. The Kier molecular flexibility index (Phi) is 5.29. The first-order valence-electron chi connectivity index (χ1n) is 1.65. The minimum atomic E-state index is -1.80. The van der Waals surface area contributed by atoms with Gasteiger partial charge in [-0.25, -0.2) is 14.0 Å². The fourth-order valence-electron chi connectivity index (χ4n) is 0.0859. The summed E-state index contributed by atoms with van der Waals surface area (Å²) in [6.07, 6.45) is 0. The van der Waals surface area contributed by atoms with Gasteiger partial charge in [0.1, 0.15) is 6.67 Å². The van der Waals surface area contributed by atoms with Crippen LogP contribution in [0.25, 0.3) is 0 Å². The highest BCUT2D eigenvalue weighted by molar-refractivity contribution is 7.95. The quantitative estimate of drug-likeness (QED) is 0.369. The maximum absolute atomic E-state index is 11.6. The summed E-state index contributed by atoms with van der Waals surface area (Å²) >= 11 is 0.0625. The minimum absolute atomic E-state index is 0.0625. The summed E-state index contributed by atoms with van der Waals surface area (Å²) in [5, 5.41) is 10.3. The van der Waals surface area contributed by atoms with E-state index in [1.54, 1.807) is 0 Å². The van der Waals surface area contributed by atoms with Crippen molar-refractivity contribution in [3.8, 4) is 0 Å². The number of hydrogen-bond acceptors (Lipinski definition) is 4. The Bertz CT molecular complexity index is 54.5. The van der Waals surface area contributed by atoms with E-state index in [0.717, 1.165) is 0 Å². The third kappa shape index (κ3) is 4.25. The molecule has 8 heavy (non-hydrogen) atoms. The zero-order chi connectivity index (χ0) is 6.41. The van der Waals surface area contributed by atoms with Gasteiger partial charge in [0, 0.05) is 0 Å². The second-order valence-corrected chi connectivity index (χ2v) is 1.64. The van der Waals surface area contributed by atoms with E-state index < -0.39 is 12.2 Å². The fourth-order valence-corrected chi connectivity index (χ4v) is 0.258. The van der Waals surface area contributed by atoms with Crippen molar-refractivity contribution in [1.29, 1.82) is 0 Å². The van der Waals surface area contributed by atoms with Gasteiger partial charge in [-0.3, -0.25) is 0 Å². The van der Waals surface area contributed by atoms with Crippen LogP contribution in [-0.4, -0.2) is 17.4 Å². The molecule has 0 rings (SSSR count). The molecule has 0 aliphatic rings. The van der Waals surface area contributed by atoms with E-state index in [1.807, 2.05) is 0 Å². The van der Waals surface area contributed by atoms with Crippen molar-refractivity contribution in [2.24, 2.45) is 0 Å². The Morgan fingerprint density at radius 3 is 2.75 bits per heavy atom. The molecule has 0 saturated heterocycles. The highest BCUT2D eigenvalue weighted by Crippen LogP contribution is 2.13. The zero-order valence-corrected chi connectivity index (χ0v) is 4.53. The summed E-state index contributed by atoms with van der Waals surface area (Å²) in [6.45, 7) is -1.17. The molecule has 0 aromatic rings.